The number of carbonyl (C=O) groups excluding carboxylic acids is 1. The number of carbonyl (C=O) groups is 1. The Hall–Kier alpha value is -2.97. The summed E-state index contributed by atoms with van der Waals surface area (Å²) in [7, 11) is 0. The second kappa shape index (κ2) is 8.04. The molecule has 1 aliphatic heterocycles. The van der Waals surface area contributed by atoms with E-state index in [0.29, 0.717) is 23.4 Å². The zero-order chi connectivity index (χ0) is 20.5. The number of hydrogen-bond acceptors (Lipinski definition) is 6. The van der Waals surface area contributed by atoms with Crippen LogP contribution in [0.1, 0.15) is 5.56 Å². The Morgan fingerprint density at radius 1 is 1.23 bits per heavy atom. The third-order valence-corrected chi connectivity index (χ3v) is 6.99. The summed E-state index contributed by atoms with van der Waals surface area (Å²) in [5.41, 5.74) is 1.86. The van der Waals surface area contributed by atoms with Gasteiger partial charge >= 0.3 is 0 Å². The van der Waals surface area contributed by atoms with Gasteiger partial charge in [0.1, 0.15) is 17.1 Å². The molecular weight excluding hydrogens is 418 g/mol. The Bertz CT molecular complexity index is 1260. The van der Waals surface area contributed by atoms with Gasteiger partial charge in [0.25, 0.3) is 5.56 Å². The molecule has 5 rings (SSSR count). The average molecular weight is 438 g/mol. The van der Waals surface area contributed by atoms with Crippen molar-refractivity contribution in [1.29, 1.82) is 0 Å². The second-order valence-corrected chi connectivity index (χ2v) is 9.08. The summed E-state index contributed by atoms with van der Waals surface area (Å²) >= 11 is 3.03. The molecule has 0 aliphatic carbocycles. The standard InChI is InChI=1S/C22H19N3O3S2/c26-19(23-9-14-8-15-4-1-2-5-17(15)28-11-14)10-25-13-24-21-20(22(25)27)16(12-30-21)18-6-3-7-29-18/h1-7,12-14H,8-11H2,(H,23,26). The number of benzene rings is 1. The van der Waals surface area contributed by atoms with Crippen LogP contribution in [0.15, 0.2) is 58.3 Å². The Morgan fingerprint density at radius 2 is 2.13 bits per heavy atom. The Balaban J connectivity index is 1.28. The van der Waals surface area contributed by atoms with E-state index in [1.807, 2.05) is 41.1 Å². The van der Waals surface area contributed by atoms with Gasteiger partial charge < -0.3 is 10.1 Å². The molecule has 0 saturated carbocycles. The fourth-order valence-electron chi connectivity index (χ4n) is 3.68. The predicted octanol–water partition coefficient (Wildman–Crippen LogP) is 3.55. The summed E-state index contributed by atoms with van der Waals surface area (Å²) < 4.78 is 7.16. The molecule has 4 aromatic rings. The van der Waals surface area contributed by atoms with Crippen molar-refractivity contribution in [1.82, 2.24) is 14.9 Å². The summed E-state index contributed by atoms with van der Waals surface area (Å²) in [6.07, 6.45) is 2.32. The molecule has 0 saturated heterocycles. The van der Waals surface area contributed by atoms with Crippen LogP contribution < -0.4 is 15.6 Å². The van der Waals surface area contributed by atoms with E-state index in [1.54, 1.807) is 11.3 Å². The lowest BCUT2D eigenvalue weighted by Crippen LogP contribution is -2.38. The lowest BCUT2D eigenvalue weighted by atomic mass is 9.97. The summed E-state index contributed by atoms with van der Waals surface area (Å²) in [5.74, 6) is 0.928. The maximum Gasteiger partial charge on any atom is 0.263 e. The van der Waals surface area contributed by atoms with Crippen LogP contribution in [0.5, 0.6) is 5.75 Å². The summed E-state index contributed by atoms with van der Waals surface area (Å²) in [6.45, 7) is 1.03. The van der Waals surface area contributed by atoms with Crippen LogP contribution in [0.4, 0.5) is 0 Å². The first-order valence-corrected chi connectivity index (χ1v) is 11.4. The number of para-hydroxylation sites is 1. The highest BCUT2D eigenvalue weighted by Gasteiger charge is 2.20. The number of amides is 1. The maximum absolute atomic E-state index is 13.0. The van der Waals surface area contributed by atoms with E-state index >= 15 is 0 Å². The number of ether oxygens (including phenoxy) is 1. The summed E-state index contributed by atoms with van der Waals surface area (Å²) in [6, 6.07) is 11.9. The molecule has 8 heteroatoms. The zero-order valence-corrected chi connectivity index (χ0v) is 17.7. The van der Waals surface area contributed by atoms with E-state index in [4.69, 9.17) is 4.74 Å². The van der Waals surface area contributed by atoms with Crippen molar-refractivity contribution in [2.45, 2.75) is 13.0 Å². The van der Waals surface area contributed by atoms with Crippen LogP contribution in [0.3, 0.4) is 0 Å². The number of nitrogens with one attached hydrogen (secondary N) is 1. The van der Waals surface area contributed by atoms with Gasteiger partial charge in [-0.2, -0.15) is 0 Å². The van der Waals surface area contributed by atoms with E-state index < -0.39 is 0 Å². The highest BCUT2D eigenvalue weighted by molar-refractivity contribution is 7.18. The SMILES string of the molecule is O=C(Cn1cnc2scc(-c3cccs3)c2c1=O)NCC1COc2ccccc2C1. The Labute approximate surface area is 180 Å². The molecule has 1 N–H and O–H groups in total. The summed E-state index contributed by atoms with van der Waals surface area (Å²) in [5, 5.41) is 7.46. The third-order valence-electron chi connectivity index (χ3n) is 5.20. The van der Waals surface area contributed by atoms with Crippen molar-refractivity contribution < 1.29 is 9.53 Å². The van der Waals surface area contributed by atoms with Crippen LogP contribution >= 0.6 is 22.7 Å². The van der Waals surface area contributed by atoms with Gasteiger partial charge in [-0.25, -0.2) is 4.98 Å². The van der Waals surface area contributed by atoms with E-state index in [-0.39, 0.29) is 23.9 Å². The highest BCUT2D eigenvalue weighted by atomic mass is 32.1. The molecule has 0 radical (unpaired) electrons. The fraction of sp³-hybridized carbons (Fsp3) is 0.227. The topological polar surface area (TPSA) is 73.2 Å². The highest BCUT2D eigenvalue weighted by Crippen LogP contribution is 2.33. The van der Waals surface area contributed by atoms with Crippen molar-refractivity contribution in [3.05, 3.63) is 69.4 Å². The smallest absolute Gasteiger partial charge is 0.263 e. The van der Waals surface area contributed by atoms with E-state index in [2.05, 4.69) is 16.4 Å². The molecule has 1 aromatic carbocycles. The van der Waals surface area contributed by atoms with Gasteiger partial charge in [-0.3, -0.25) is 14.2 Å². The molecule has 0 spiro atoms. The van der Waals surface area contributed by atoms with Crippen molar-refractivity contribution in [2.24, 2.45) is 5.92 Å². The van der Waals surface area contributed by atoms with Gasteiger partial charge in [0.2, 0.25) is 5.91 Å². The number of aromatic nitrogens is 2. The molecular formula is C22H19N3O3S2. The third kappa shape index (κ3) is 3.64. The number of hydrogen-bond donors (Lipinski definition) is 1. The Morgan fingerprint density at radius 3 is 3.00 bits per heavy atom. The molecule has 0 fully saturated rings. The first-order valence-electron chi connectivity index (χ1n) is 9.67. The molecule has 0 bridgehead atoms. The molecule has 30 heavy (non-hydrogen) atoms. The van der Waals surface area contributed by atoms with Gasteiger partial charge in [-0.05, 0) is 29.5 Å². The molecule has 1 unspecified atom stereocenters. The number of rotatable bonds is 5. The summed E-state index contributed by atoms with van der Waals surface area (Å²) in [4.78, 5) is 31.6. The lowest BCUT2D eigenvalue weighted by Gasteiger charge is -2.25. The second-order valence-electron chi connectivity index (χ2n) is 7.28. The van der Waals surface area contributed by atoms with E-state index in [0.717, 1.165) is 28.2 Å². The molecule has 3 aromatic heterocycles. The quantitative estimate of drug-likeness (QED) is 0.518. The van der Waals surface area contributed by atoms with Gasteiger partial charge in [0, 0.05) is 28.3 Å². The van der Waals surface area contributed by atoms with Crippen molar-refractivity contribution >= 4 is 38.8 Å². The van der Waals surface area contributed by atoms with Crippen LogP contribution in [-0.2, 0) is 17.8 Å². The van der Waals surface area contributed by atoms with Crippen LogP contribution in [0.2, 0.25) is 0 Å². The molecule has 4 heterocycles. The van der Waals surface area contributed by atoms with Crippen LogP contribution in [-0.4, -0.2) is 28.6 Å². The van der Waals surface area contributed by atoms with Crippen LogP contribution in [0.25, 0.3) is 20.7 Å². The molecule has 6 nitrogen and oxygen atoms in total. The lowest BCUT2D eigenvalue weighted by molar-refractivity contribution is -0.122. The van der Waals surface area contributed by atoms with Crippen molar-refractivity contribution in [3.63, 3.8) is 0 Å². The zero-order valence-electron chi connectivity index (χ0n) is 16.0. The Kier molecular flexibility index (Phi) is 5.10. The first kappa shape index (κ1) is 19.0. The monoisotopic (exact) mass is 437 g/mol. The van der Waals surface area contributed by atoms with E-state index in [9.17, 15) is 9.59 Å². The van der Waals surface area contributed by atoms with Crippen LogP contribution in [0, 0.1) is 5.92 Å². The van der Waals surface area contributed by atoms with Gasteiger partial charge in [0.15, 0.2) is 0 Å². The van der Waals surface area contributed by atoms with Gasteiger partial charge in [0.05, 0.1) is 18.3 Å². The minimum atomic E-state index is -0.204. The number of fused-ring (bicyclic) bond motifs is 2. The molecule has 152 valence electrons. The number of thiophene rings is 2. The average Bonchev–Trinajstić information content (AvgIpc) is 3.44. The maximum atomic E-state index is 13.0. The predicted molar refractivity (Wildman–Crippen MR) is 119 cm³/mol. The first-order chi connectivity index (χ1) is 14.7. The minimum absolute atomic E-state index is 0.0499. The van der Waals surface area contributed by atoms with Crippen molar-refractivity contribution in [3.8, 4) is 16.2 Å². The minimum Gasteiger partial charge on any atom is -0.493 e. The number of nitrogens with zero attached hydrogens (tertiary/aromatic N) is 2. The normalized spacial score (nSPS) is 15.5. The van der Waals surface area contributed by atoms with Gasteiger partial charge in [-0.15, -0.1) is 22.7 Å². The molecule has 1 atom stereocenters. The van der Waals surface area contributed by atoms with E-state index in [1.165, 1.54) is 22.2 Å². The fourth-order valence-corrected chi connectivity index (χ4v) is 5.40. The largest absolute Gasteiger partial charge is 0.493 e. The van der Waals surface area contributed by atoms with Crippen molar-refractivity contribution in [2.75, 3.05) is 13.2 Å². The molecule has 1 aliphatic rings. The molecule has 1 amide bonds. The van der Waals surface area contributed by atoms with Gasteiger partial charge in [-0.1, -0.05) is 24.3 Å².